The smallest absolute Gasteiger partial charge is 0.300 e. The SMILES string of the molecule is CC(C)c1ccc(N2C(=O)C(=O)/C(=C(\O)c3ccc4c(c3)N(C)CCO4)C2c2ccncc2)cc1. The van der Waals surface area contributed by atoms with Gasteiger partial charge < -0.3 is 14.7 Å². The Labute approximate surface area is 204 Å². The van der Waals surface area contributed by atoms with E-state index >= 15 is 0 Å². The molecule has 2 aliphatic rings. The van der Waals surface area contributed by atoms with E-state index in [1.165, 1.54) is 4.90 Å². The molecule has 0 aliphatic carbocycles. The molecular weight excluding hydrogens is 442 g/mol. The highest BCUT2D eigenvalue weighted by atomic mass is 16.5. The van der Waals surface area contributed by atoms with E-state index in [0.717, 1.165) is 11.3 Å². The van der Waals surface area contributed by atoms with E-state index in [1.54, 1.807) is 42.7 Å². The zero-order valence-electron chi connectivity index (χ0n) is 19.9. The van der Waals surface area contributed by atoms with Crippen LogP contribution in [0.4, 0.5) is 11.4 Å². The van der Waals surface area contributed by atoms with Crippen molar-refractivity contribution in [3.8, 4) is 5.75 Å². The fourth-order valence-electron chi connectivity index (χ4n) is 4.63. The second-order valence-corrected chi connectivity index (χ2v) is 9.15. The van der Waals surface area contributed by atoms with Crippen LogP contribution in [0.2, 0.25) is 0 Å². The zero-order chi connectivity index (χ0) is 24.7. The summed E-state index contributed by atoms with van der Waals surface area (Å²) in [6.07, 6.45) is 3.23. The number of benzene rings is 2. The monoisotopic (exact) mass is 469 g/mol. The second-order valence-electron chi connectivity index (χ2n) is 9.15. The van der Waals surface area contributed by atoms with Crippen molar-refractivity contribution in [2.45, 2.75) is 25.8 Å². The van der Waals surface area contributed by atoms with Crippen LogP contribution < -0.4 is 14.5 Å². The summed E-state index contributed by atoms with van der Waals surface area (Å²) in [7, 11) is 1.95. The standard InChI is InChI=1S/C28H27N3O4/c1-17(2)18-4-7-21(8-5-18)31-25(19-10-12-29-13-11-19)24(27(33)28(31)34)26(32)20-6-9-23-22(16-20)30(3)14-15-35-23/h4-13,16-17,25,32H,14-15H2,1-3H3/b26-24-. The number of aliphatic hydroxyl groups excluding tert-OH is 1. The van der Waals surface area contributed by atoms with Crippen molar-refractivity contribution in [1.82, 2.24) is 4.98 Å². The van der Waals surface area contributed by atoms with E-state index in [1.807, 2.05) is 36.2 Å². The van der Waals surface area contributed by atoms with Crippen LogP contribution in [-0.4, -0.2) is 42.0 Å². The molecule has 7 heteroatoms. The number of aromatic nitrogens is 1. The van der Waals surface area contributed by atoms with E-state index in [4.69, 9.17) is 4.74 Å². The first kappa shape index (κ1) is 22.7. The maximum atomic E-state index is 13.4. The van der Waals surface area contributed by atoms with Gasteiger partial charge in [0.15, 0.2) is 0 Å². The Balaban J connectivity index is 1.66. The van der Waals surface area contributed by atoms with E-state index < -0.39 is 17.7 Å². The topological polar surface area (TPSA) is 83.0 Å². The van der Waals surface area contributed by atoms with Gasteiger partial charge in [0, 0.05) is 30.7 Å². The maximum Gasteiger partial charge on any atom is 0.300 e. The number of nitrogens with zero attached hydrogens (tertiary/aromatic N) is 3. The number of aliphatic hydroxyl groups is 1. The van der Waals surface area contributed by atoms with Crippen molar-refractivity contribution in [2.75, 3.05) is 30.0 Å². The van der Waals surface area contributed by atoms with Crippen LogP contribution in [-0.2, 0) is 9.59 Å². The Bertz CT molecular complexity index is 1320. The number of anilines is 2. The lowest BCUT2D eigenvalue weighted by Crippen LogP contribution is -2.29. The van der Waals surface area contributed by atoms with Gasteiger partial charge in [0.2, 0.25) is 0 Å². The number of ether oxygens (including phenoxy) is 1. The van der Waals surface area contributed by atoms with Crippen LogP contribution in [0.1, 0.15) is 42.5 Å². The molecule has 1 amide bonds. The predicted molar refractivity (Wildman–Crippen MR) is 135 cm³/mol. The Morgan fingerprint density at radius 3 is 2.46 bits per heavy atom. The first-order chi connectivity index (χ1) is 16.9. The molecule has 1 unspecified atom stereocenters. The van der Waals surface area contributed by atoms with Crippen molar-refractivity contribution >= 4 is 28.8 Å². The summed E-state index contributed by atoms with van der Waals surface area (Å²) in [6.45, 7) is 5.49. The minimum atomic E-state index is -0.784. The molecule has 1 saturated heterocycles. The van der Waals surface area contributed by atoms with Gasteiger partial charge >= 0.3 is 0 Å². The molecule has 5 rings (SSSR count). The maximum absolute atomic E-state index is 13.4. The molecule has 0 saturated carbocycles. The number of ketones is 1. The van der Waals surface area contributed by atoms with Gasteiger partial charge in [-0.3, -0.25) is 19.5 Å². The molecule has 0 radical (unpaired) electrons. The summed E-state index contributed by atoms with van der Waals surface area (Å²) >= 11 is 0. The van der Waals surface area contributed by atoms with Crippen LogP contribution in [0.3, 0.4) is 0 Å². The van der Waals surface area contributed by atoms with Gasteiger partial charge in [-0.05, 0) is 59.5 Å². The summed E-state index contributed by atoms with van der Waals surface area (Å²) < 4.78 is 5.71. The lowest BCUT2D eigenvalue weighted by atomic mass is 9.95. The van der Waals surface area contributed by atoms with Crippen molar-refractivity contribution < 1.29 is 19.4 Å². The number of carbonyl (C=O) groups excluding carboxylic acids is 2. The predicted octanol–water partition coefficient (Wildman–Crippen LogP) is 4.66. The molecule has 3 aromatic rings. The Hall–Kier alpha value is -4.13. The summed E-state index contributed by atoms with van der Waals surface area (Å²) in [5.41, 5.74) is 3.73. The molecule has 2 aliphatic heterocycles. The molecule has 1 atom stereocenters. The zero-order valence-corrected chi connectivity index (χ0v) is 19.9. The molecule has 1 fully saturated rings. The third-order valence-corrected chi connectivity index (χ3v) is 6.63. The highest BCUT2D eigenvalue weighted by Crippen LogP contribution is 2.43. The Morgan fingerprint density at radius 1 is 1.06 bits per heavy atom. The summed E-state index contributed by atoms with van der Waals surface area (Å²) in [4.78, 5) is 34.3. The van der Waals surface area contributed by atoms with Gasteiger partial charge in [0.25, 0.3) is 11.7 Å². The molecule has 1 aromatic heterocycles. The average molecular weight is 470 g/mol. The first-order valence-electron chi connectivity index (χ1n) is 11.7. The molecule has 2 aromatic carbocycles. The number of rotatable bonds is 4. The van der Waals surface area contributed by atoms with E-state index in [2.05, 4.69) is 18.8 Å². The van der Waals surface area contributed by atoms with Gasteiger partial charge in [-0.15, -0.1) is 0 Å². The van der Waals surface area contributed by atoms with Crippen LogP contribution in [0.5, 0.6) is 5.75 Å². The minimum absolute atomic E-state index is 0.0495. The molecule has 0 bridgehead atoms. The first-order valence-corrected chi connectivity index (χ1v) is 11.7. The van der Waals surface area contributed by atoms with Gasteiger partial charge in [-0.25, -0.2) is 0 Å². The molecule has 3 heterocycles. The lowest BCUT2D eigenvalue weighted by Gasteiger charge is -2.28. The normalized spacial score (nSPS) is 19.1. The quantitative estimate of drug-likeness (QED) is 0.340. The second kappa shape index (κ2) is 8.91. The highest BCUT2D eigenvalue weighted by molar-refractivity contribution is 6.51. The molecular formula is C28H27N3O4. The van der Waals surface area contributed by atoms with Gasteiger partial charge in [-0.1, -0.05) is 26.0 Å². The van der Waals surface area contributed by atoms with Crippen molar-refractivity contribution in [2.24, 2.45) is 0 Å². The van der Waals surface area contributed by atoms with Crippen molar-refractivity contribution in [1.29, 1.82) is 0 Å². The lowest BCUT2D eigenvalue weighted by molar-refractivity contribution is -0.132. The van der Waals surface area contributed by atoms with Crippen LogP contribution >= 0.6 is 0 Å². The van der Waals surface area contributed by atoms with E-state index in [9.17, 15) is 14.7 Å². The van der Waals surface area contributed by atoms with Crippen LogP contribution in [0, 0.1) is 0 Å². The number of likely N-dealkylation sites (N-methyl/N-ethyl adjacent to an activating group) is 1. The van der Waals surface area contributed by atoms with Gasteiger partial charge in [-0.2, -0.15) is 0 Å². The van der Waals surface area contributed by atoms with Crippen molar-refractivity contribution in [3.63, 3.8) is 0 Å². The number of pyridine rings is 1. The molecule has 7 nitrogen and oxygen atoms in total. The number of Topliss-reactive ketones (excluding diaryl/α,β-unsaturated/α-hetero) is 1. The van der Waals surface area contributed by atoms with Crippen LogP contribution in [0.15, 0.2) is 72.6 Å². The summed E-state index contributed by atoms with van der Waals surface area (Å²) in [6, 6.07) is 15.6. The highest BCUT2D eigenvalue weighted by Gasteiger charge is 2.47. The average Bonchev–Trinajstić information content (AvgIpc) is 3.14. The number of amides is 1. The molecule has 1 N–H and O–H groups in total. The van der Waals surface area contributed by atoms with Gasteiger partial charge in [0.05, 0.1) is 23.8 Å². The number of hydrogen-bond donors (Lipinski definition) is 1. The van der Waals surface area contributed by atoms with Crippen LogP contribution in [0.25, 0.3) is 5.76 Å². The molecule has 35 heavy (non-hydrogen) atoms. The van der Waals surface area contributed by atoms with E-state index in [0.29, 0.717) is 41.6 Å². The van der Waals surface area contributed by atoms with E-state index in [-0.39, 0.29) is 11.3 Å². The number of carbonyl (C=O) groups is 2. The third kappa shape index (κ3) is 3.93. The van der Waals surface area contributed by atoms with Gasteiger partial charge in [0.1, 0.15) is 18.1 Å². The summed E-state index contributed by atoms with van der Waals surface area (Å²) in [5.74, 6) is -0.565. The number of fused-ring (bicyclic) bond motifs is 1. The molecule has 178 valence electrons. The fourth-order valence-corrected chi connectivity index (χ4v) is 4.63. The summed E-state index contributed by atoms with van der Waals surface area (Å²) in [5, 5.41) is 11.4. The molecule has 0 spiro atoms. The third-order valence-electron chi connectivity index (χ3n) is 6.63. The van der Waals surface area contributed by atoms with Crippen molar-refractivity contribution in [3.05, 3.63) is 89.3 Å². The number of hydrogen-bond acceptors (Lipinski definition) is 6. The Kier molecular flexibility index (Phi) is 5.76. The largest absolute Gasteiger partial charge is 0.507 e. The fraction of sp³-hybridized carbons (Fsp3) is 0.250. The minimum Gasteiger partial charge on any atom is -0.507 e. The Morgan fingerprint density at radius 2 is 1.77 bits per heavy atom.